The van der Waals surface area contributed by atoms with Crippen LogP contribution in [0.3, 0.4) is 0 Å². The van der Waals surface area contributed by atoms with Crippen LogP contribution in [0.1, 0.15) is 316 Å². The molecule has 0 spiro atoms. The summed E-state index contributed by atoms with van der Waals surface area (Å²) in [7, 11) is 0. The molecule has 3 rings (SSSR count). The Morgan fingerprint density at radius 2 is 0.670 bits per heavy atom. The SMILES string of the molecule is CCCCCCC/C=C\C/C=C\CCCCCCCCCCCCCCCCCCCC(=O)NC(COC1OC(CO)C(OC2OC(CO)C(OC3OC(CO)C(O)C(O)C3O)C(O)C2O)C(O)C1O)C(O)/C=C/CC/C=C/CC/C=C/CCCCCCCCCCCCCCCCCC. The molecular formula is C81H147NO18. The minimum Gasteiger partial charge on any atom is -0.394 e. The van der Waals surface area contributed by atoms with Crippen LogP contribution < -0.4 is 5.32 Å². The summed E-state index contributed by atoms with van der Waals surface area (Å²) < 4.78 is 34.4. The quantitative estimate of drug-likeness (QED) is 0.0199. The number of allylic oxidation sites excluding steroid dienone is 9. The van der Waals surface area contributed by atoms with Gasteiger partial charge in [-0.25, -0.2) is 0 Å². The Kier molecular flexibility index (Phi) is 56.5. The van der Waals surface area contributed by atoms with Gasteiger partial charge in [0.15, 0.2) is 18.9 Å². The second-order valence-corrected chi connectivity index (χ2v) is 28.9. The second-order valence-electron chi connectivity index (χ2n) is 28.9. The lowest BCUT2D eigenvalue weighted by Crippen LogP contribution is -2.66. The number of ether oxygens (including phenoxy) is 6. The molecule has 3 aliphatic rings. The fourth-order valence-electron chi connectivity index (χ4n) is 13.5. The van der Waals surface area contributed by atoms with Gasteiger partial charge in [0, 0.05) is 6.42 Å². The fraction of sp³-hybridized carbons (Fsp3) is 0.864. The summed E-state index contributed by atoms with van der Waals surface area (Å²) in [5.41, 5.74) is 0. The van der Waals surface area contributed by atoms with E-state index in [2.05, 4.69) is 67.8 Å². The van der Waals surface area contributed by atoms with Crippen molar-refractivity contribution in [2.75, 3.05) is 26.4 Å². The highest BCUT2D eigenvalue weighted by Crippen LogP contribution is 2.33. The van der Waals surface area contributed by atoms with Crippen LogP contribution in [0.25, 0.3) is 0 Å². The minimum atomic E-state index is -1.98. The van der Waals surface area contributed by atoms with Crippen molar-refractivity contribution in [1.82, 2.24) is 5.32 Å². The lowest BCUT2D eigenvalue weighted by Gasteiger charge is -2.48. The first-order valence-corrected chi connectivity index (χ1v) is 40.5. The van der Waals surface area contributed by atoms with E-state index in [-0.39, 0.29) is 18.9 Å². The van der Waals surface area contributed by atoms with E-state index in [4.69, 9.17) is 28.4 Å². The molecule has 3 heterocycles. The van der Waals surface area contributed by atoms with E-state index in [1.807, 2.05) is 6.08 Å². The molecule has 100 heavy (non-hydrogen) atoms. The maximum atomic E-state index is 13.5. The number of nitrogens with one attached hydrogen (secondary N) is 1. The minimum absolute atomic E-state index is 0.232. The van der Waals surface area contributed by atoms with Crippen molar-refractivity contribution in [3.05, 3.63) is 60.8 Å². The number of hydrogen-bond acceptors (Lipinski definition) is 18. The highest BCUT2D eigenvalue weighted by Gasteiger charge is 2.54. The summed E-state index contributed by atoms with van der Waals surface area (Å²) in [4.78, 5) is 13.5. The van der Waals surface area contributed by atoms with Crippen LogP contribution in [0.4, 0.5) is 0 Å². The molecule has 0 aromatic rings. The molecule has 0 aliphatic carbocycles. The standard InChI is InChI=1S/C81H147NO18/c1-3-5-7-9-11-13-15-17-19-21-23-25-27-29-31-32-33-35-37-39-41-43-45-47-49-51-53-55-57-59-69(87)82-64(65(86)58-56-54-52-50-48-46-44-42-40-38-36-34-30-28-26-24-22-20-18-16-14-12-10-8-6-4-2)63-95-79-75(93)72(90)77(67(61-84)97-79)100-81-76(94)73(91)78(68(62-85)98-81)99-80-74(92)71(89)70(88)66(60-83)96-80/h15,17,21,23,40,42,48,50,56,58,64-68,70-81,83-86,88-94H,3-14,16,18-20,22,24-39,41,43-47,49,51-55,57,59-63H2,1-2H3,(H,82,87)/b17-15-,23-21-,42-40+,50-48+,58-56+. The maximum absolute atomic E-state index is 13.5. The van der Waals surface area contributed by atoms with Crippen molar-refractivity contribution in [3.8, 4) is 0 Å². The first-order valence-electron chi connectivity index (χ1n) is 40.5. The van der Waals surface area contributed by atoms with E-state index >= 15 is 0 Å². The van der Waals surface area contributed by atoms with Crippen LogP contribution in [0.5, 0.6) is 0 Å². The molecule has 17 unspecified atom stereocenters. The Morgan fingerprint density at radius 1 is 0.360 bits per heavy atom. The molecule has 19 nitrogen and oxygen atoms in total. The summed E-state index contributed by atoms with van der Waals surface area (Å²) in [5, 5.41) is 121. The summed E-state index contributed by atoms with van der Waals surface area (Å²) in [6, 6.07) is -0.999. The van der Waals surface area contributed by atoms with Crippen LogP contribution in [0.15, 0.2) is 60.8 Å². The maximum Gasteiger partial charge on any atom is 0.220 e. The largest absolute Gasteiger partial charge is 0.394 e. The normalized spacial score (nSPS) is 26.8. The first-order chi connectivity index (χ1) is 48.8. The van der Waals surface area contributed by atoms with Crippen LogP contribution in [-0.4, -0.2) is 193 Å². The van der Waals surface area contributed by atoms with E-state index in [0.717, 1.165) is 51.4 Å². The van der Waals surface area contributed by atoms with Crippen LogP contribution in [0.2, 0.25) is 0 Å². The molecule has 0 radical (unpaired) electrons. The Labute approximate surface area is 605 Å². The molecule has 3 aliphatic heterocycles. The van der Waals surface area contributed by atoms with Gasteiger partial charge in [-0.2, -0.15) is 0 Å². The molecule has 0 aromatic heterocycles. The zero-order valence-corrected chi connectivity index (χ0v) is 62.4. The van der Waals surface area contributed by atoms with Gasteiger partial charge in [0.25, 0.3) is 0 Å². The number of rotatable bonds is 64. The predicted octanol–water partition coefficient (Wildman–Crippen LogP) is 13.5. The molecule has 12 N–H and O–H groups in total. The number of unbranched alkanes of at least 4 members (excludes halogenated alkanes) is 40. The van der Waals surface area contributed by atoms with Gasteiger partial charge in [-0.1, -0.05) is 293 Å². The predicted molar refractivity (Wildman–Crippen MR) is 397 cm³/mol. The first kappa shape index (κ1) is 91.7. The number of carbonyl (C=O) groups excluding carboxylic acids is 1. The number of aliphatic hydroxyl groups excluding tert-OH is 11. The molecule has 19 heteroatoms. The number of aliphatic hydroxyl groups is 11. The number of carbonyl (C=O) groups is 1. The third-order valence-corrected chi connectivity index (χ3v) is 20.0. The number of hydrogen-bond donors (Lipinski definition) is 12. The van der Waals surface area contributed by atoms with E-state index in [1.165, 1.54) is 231 Å². The molecule has 0 saturated carbocycles. The number of amides is 1. The molecule has 584 valence electrons. The molecule has 3 fully saturated rings. The Bertz CT molecular complexity index is 2040. The average Bonchev–Trinajstić information content (AvgIpc) is 0.783. The lowest BCUT2D eigenvalue weighted by molar-refractivity contribution is -0.379. The van der Waals surface area contributed by atoms with E-state index in [9.17, 15) is 61.0 Å². The zero-order chi connectivity index (χ0) is 72.5. The summed E-state index contributed by atoms with van der Waals surface area (Å²) in [5.74, 6) is -0.286. The zero-order valence-electron chi connectivity index (χ0n) is 62.4. The average molecular weight is 1420 g/mol. The van der Waals surface area contributed by atoms with Crippen molar-refractivity contribution in [3.63, 3.8) is 0 Å². The molecule has 1 amide bonds. The Hall–Kier alpha value is -2.51. The van der Waals surface area contributed by atoms with E-state index < -0.39 is 124 Å². The van der Waals surface area contributed by atoms with Crippen LogP contribution in [-0.2, 0) is 33.2 Å². The fourth-order valence-corrected chi connectivity index (χ4v) is 13.5. The Morgan fingerprint density at radius 3 is 1.06 bits per heavy atom. The van der Waals surface area contributed by atoms with Gasteiger partial charge < -0.3 is 89.9 Å². The highest BCUT2D eigenvalue weighted by molar-refractivity contribution is 5.76. The lowest BCUT2D eigenvalue weighted by atomic mass is 9.96. The van der Waals surface area contributed by atoms with Crippen molar-refractivity contribution in [1.29, 1.82) is 0 Å². The molecular weight excluding hydrogens is 1270 g/mol. The van der Waals surface area contributed by atoms with Gasteiger partial charge in [0.1, 0.15) is 73.2 Å². The van der Waals surface area contributed by atoms with Gasteiger partial charge in [-0.3, -0.25) is 4.79 Å². The molecule has 3 saturated heterocycles. The molecule has 0 bridgehead atoms. The topological polar surface area (TPSA) is 307 Å². The van der Waals surface area contributed by atoms with E-state index in [1.54, 1.807) is 6.08 Å². The summed E-state index contributed by atoms with van der Waals surface area (Å²) in [6.45, 7) is 1.74. The highest BCUT2D eigenvalue weighted by atomic mass is 16.8. The van der Waals surface area contributed by atoms with Crippen molar-refractivity contribution < 1.29 is 89.4 Å². The van der Waals surface area contributed by atoms with Crippen molar-refractivity contribution >= 4 is 5.91 Å². The van der Waals surface area contributed by atoms with E-state index in [0.29, 0.717) is 12.8 Å². The monoisotopic (exact) mass is 1420 g/mol. The third-order valence-electron chi connectivity index (χ3n) is 20.0. The van der Waals surface area contributed by atoms with Crippen molar-refractivity contribution in [2.45, 2.75) is 420 Å². The van der Waals surface area contributed by atoms with Crippen LogP contribution in [0, 0.1) is 0 Å². The van der Waals surface area contributed by atoms with Gasteiger partial charge in [-0.05, 0) is 77.0 Å². The van der Waals surface area contributed by atoms with Gasteiger partial charge in [-0.15, -0.1) is 0 Å². The van der Waals surface area contributed by atoms with Crippen molar-refractivity contribution in [2.24, 2.45) is 0 Å². The smallest absolute Gasteiger partial charge is 0.220 e. The van der Waals surface area contributed by atoms with Gasteiger partial charge in [0.2, 0.25) is 5.91 Å². The van der Waals surface area contributed by atoms with Crippen LogP contribution >= 0.6 is 0 Å². The van der Waals surface area contributed by atoms with Gasteiger partial charge in [0.05, 0.1) is 38.6 Å². The third kappa shape index (κ3) is 41.4. The second kappa shape index (κ2) is 61.6. The summed E-state index contributed by atoms with van der Waals surface area (Å²) in [6.07, 6.45) is 52.1. The summed E-state index contributed by atoms with van der Waals surface area (Å²) >= 11 is 0. The molecule has 0 aromatic carbocycles. The Balaban J connectivity index is 1.39. The molecule has 17 atom stereocenters. The van der Waals surface area contributed by atoms with Gasteiger partial charge >= 0.3 is 0 Å².